The van der Waals surface area contributed by atoms with Crippen LogP contribution in [0, 0.1) is 0 Å². The Balaban J connectivity index is 1.72. The number of amides is 1. The van der Waals surface area contributed by atoms with Gasteiger partial charge in [-0.25, -0.2) is 9.78 Å². The third kappa shape index (κ3) is 2.14. The van der Waals surface area contributed by atoms with Crippen molar-refractivity contribution in [2.75, 3.05) is 11.4 Å². The highest BCUT2D eigenvalue weighted by atomic mass is 16.2. The second-order valence-corrected chi connectivity index (χ2v) is 5.88. The van der Waals surface area contributed by atoms with E-state index < -0.39 is 0 Å². The first kappa shape index (κ1) is 14.7. The second-order valence-electron chi connectivity index (χ2n) is 5.88. The van der Waals surface area contributed by atoms with Crippen LogP contribution in [0.5, 0.6) is 0 Å². The molecule has 1 aliphatic rings. The molecular weight excluding hydrogens is 304 g/mol. The monoisotopic (exact) mass is 322 g/mol. The molecule has 0 atom stereocenters. The zero-order chi connectivity index (χ0) is 16.7. The van der Waals surface area contributed by atoms with Gasteiger partial charge in [-0.1, -0.05) is 18.2 Å². The van der Waals surface area contributed by atoms with Crippen molar-refractivity contribution in [2.45, 2.75) is 26.4 Å². The van der Waals surface area contributed by atoms with Gasteiger partial charge in [-0.2, -0.15) is 0 Å². The predicted octanol–water partition coefficient (Wildman–Crippen LogP) is 1.81. The largest absolute Gasteiger partial charge is 0.330 e. The number of carbonyl (C=O) groups is 1. The molecule has 1 aliphatic heterocycles. The quantitative estimate of drug-likeness (QED) is 0.739. The van der Waals surface area contributed by atoms with Crippen LogP contribution in [0.25, 0.3) is 11.2 Å². The normalized spacial score (nSPS) is 13.5. The average Bonchev–Trinajstić information content (AvgIpc) is 3.15. The van der Waals surface area contributed by atoms with Gasteiger partial charge in [-0.05, 0) is 37.1 Å². The molecule has 0 fully saturated rings. The molecule has 0 bridgehead atoms. The van der Waals surface area contributed by atoms with E-state index in [1.165, 1.54) is 10.1 Å². The summed E-state index contributed by atoms with van der Waals surface area (Å²) in [5.41, 5.74) is 3.26. The van der Waals surface area contributed by atoms with Gasteiger partial charge in [0.05, 0.1) is 5.52 Å². The molecule has 6 heteroatoms. The van der Waals surface area contributed by atoms with E-state index in [2.05, 4.69) is 4.98 Å². The second kappa shape index (κ2) is 5.63. The molecule has 0 saturated heterocycles. The average molecular weight is 322 g/mol. The number of carbonyl (C=O) groups excluding carboxylic acids is 1. The van der Waals surface area contributed by atoms with Crippen LogP contribution in [-0.2, 0) is 24.3 Å². The summed E-state index contributed by atoms with van der Waals surface area (Å²) in [5, 5.41) is 0. The lowest BCUT2D eigenvalue weighted by molar-refractivity contribution is -0.119. The first-order valence-electron chi connectivity index (χ1n) is 8.13. The molecule has 0 radical (unpaired) electrons. The molecule has 2 aromatic heterocycles. The number of para-hydroxylation sites is 1. The molecule has 24 heavy (non-hydrogen) atoms. The summed E-state index contributed by atoms with van der Waals surface area (Å²) in [7, 11) is 0. The first-order valence-corrected chi connectivity index (χ1v) is 8.13. The van der Waals surface area contributed by atoms with E-state index in [-0.39, 0.29) is 18.1 Å². The van der Waals surface area contributed by atoms with E-state index in [1.54, 1.807) is 21.7 Å². The summed E-state index contributed by atoms with van der Waals surface area (Å²) in [6, 6.07) is 11.5. The van der Waals surface area contributed by atoms with E-state index in [0.717, 1.165) is 12.1 Å². The third-order valence-corrected chi connectivity index (χ3v) is 4.57. The van der Waals surface area contributed by atoms with Crippen molar-refractivity contribution < 1.29 is 4.79 Å². The van der Waals surface area contributed by atoms with Gasteiger partial charge < -0.3 is 4.90 Å². The van der Waals surface area contributed by atoms with Crippen molar-refractivity contribution in [2.24, 2.45) is 0 Å². The Labute approximate surface area is 139 Å². The van der Waals surface area contributed by atoms with Gasteiger partial charge in [0.25, 0.3) is 0 Å². The van der Waals surface area contributed by atoms with E-state index in [1.807, 2.05) is 37.3 Å². The minimum absolute atomic E-state index is 0.0301. The molecule has 0 saturated carbocycles. The van der Waals surface area contributed by atoms with Crippen molar-refractivity contribution in [1.82, 2.24) is 14.1 Å². The topological polar surface area (TPSA) is 60.1 Å². The molecule has 1 aromatic carbocycles. The molecule has 0 unspecified atom stereocenters. The number of pyridine rings is 1. The Morgan fingerprint density at radius 2 is 2.00 bits per heavy atom. The minimum Gasteiger partial charge on any atom is -0.310 e. The number of hydrogen-bond donors (Lipinski definition) is 0. The van der Waals surface area contributed by atoms with Gasteiger partial charge in [0.15, 0.2) is 5.65 Å². The number of benzene rings is 1. The summed E-state index contributed by atoms with van der Waals surface area (Å²) in [6.07, 6.45) is 2.52. The lowest BCUT2D eigenvalue weighted by Crippen LogP contribution is -2.35. The summed E-state index contributed by atoms with van der Waals surface area (Å²) >= 11 is 0. The van der Waals surface area contributed by atoms with Crippen LogP contribution in [0.2, 0.25) is 0 Å². The molecule has 3 aromatic rings. The zero-order valence-corrected chi connectivity index (χ0v) is 13.5. The Morgan fingerprint density at radius 1 is 1.17 bits per heavy atom. The van der Waals surface area contributed by atoms with Crippen LogP contribution < -0.4 is 10.6 Å². The molecular formula is C18H18N4O2. The number of imidazole rings is 1. The number of rotatable bonds is 3. The lowest BCUT2D eigenvalue weighted by atomic mass is 10.2. The maximum absolute atomic E-state index is 12.8. The maximum Gasteiger partial charge on any atom is 0.330 e. The van der Waals surface area contributed by atoms with Gasteiger partial charge in [-0.15, -0.1) is 0 Å². The number of hydrogen-bond acceptors (Lipinski definition) is 3. The smallest absolute Gasteiger partial charge is 0.310 e. The molecule has 3 heterocycles. The fourth-order valence-corrected chi connectivity index (χ4v) is 3.40. The van der Waals surface area contributed by atoms with Crippen molar-refractivity contribution in [3.63, 3.8) is 0 Å². The summed E-state index contributed by atoms with van der Waals surface area (Å²) in [4.78, 5) is 31.5. The Hall–Kier alpha value is -2.89. The molecule has 122 valence electrons. The Morgan fingerprint density at radius 3 is 2.83 bits per heavy atom. The molecule has 6 nitrogen and oxygen atoms in total. The van der Waals surface area contributed by atoms with Crippen LogP contribution >= 0.6 is 0 Å². The Kier molecular flexibility index (Phi) is 3.45. The van der Waals surface area contributed by atoms with Gasteiger partial charge in [0.1, 0.15) is 6.54 Å². The predicted molar refractivity (Wildman–Crippen MR) is 92.2 cm³/mol. The lowest BCUT2D eigenvalue weighted by Gasteiger charge is -2.17. The van der Waals surface area contributed by atoms with Crippen molar-refractivity contribution in [3.8, 4) is 0 Å². The van der Waals surface area contributed by atoms with Gasteiger partial charge in [-0.3, -0.25) is 13.9 Å². The number of aromatic nitrogens is 3. The van der Waals surface area contributed by atoms with Crippen molar-refractivity contribution >= 4 is 22.8 Å². The molecule has 0 N–H and O–H groups in total. The SMILES string of the molecule is CCn1c(=O)n(CC(=O)N2CCc3ccccc32)c2cccnc21. The van der Waals surface area contributed by atoms with Crippen LogP contribution in [0.15, 0.2) is 47.4 Å². The van der Waals surface area contributed by atoms with Gasteiger partial charge in [0.2, 0.25) is 5.91 Å². The van der Waals surface area contributed by atoms with E-state index >= 15 is 0 Å². The van der Waals surface area contributed by atoms with Crippen LogP contribution in [0.4, 0.5) is 5.69 Å². The summed E-state index contributed by atoms with van der Waals surface area (Å²) < 4.78 is 3.12. The van der Waals surface area contributed by atoms with E-state index in [4.69, 9.17) is 0 Å². The maximum atomic E-state index is 12.8. The van der Waals surface area contributed by atoms with Gasteiger partial charge in [0, 0.05) is 25.0 Å². The standard InChI is InChI=1S/C18H18N4O2/c1-2-20-17-15(8-5-10-19-17)22(18(20)24)12-16(23)21-11-9-13-6-3-4-7-14(13)21/h3-8,10H,2,9,11-12H2,1H3. The van der Waals surface area contributed by atoms with Crippen LogP contribution in [-0.4, -0.2) is 26.6 Å². The van der Waals surface area contributed by atoms with Crippen LogP contribution in [0.3, 0.4) is 0 Å². The molecule has 0 aliphatic carbocycles. The van der Waals surface area contributed by atoms with Gasteiger partial charge >= 0.3 is 5.69 Å². The van der Waals surface area contributed by atoms with Crippen molar-refractivity contribution in [1.29, 1.82) is 0 Å². The highest BCUT2D eigenvalue weighted by Gasteiger charge is 2.25. The van der Waals surface area contributed by atoms with Crippen molar-refractivity contribution in [3.05, 3.63) is 58.6 Å². The fourth-order valence-electron chi connectivity index (χ4n) is 3.40. The molecule has 4 rings (SSSR count). The van der Waals surface area contributed by atoms with E-state index in [0.29, 0.717) is 24.3 Å². The number of anilines is 1. The van der Waals surface area contributed by atoms with Crippen LogP contribution in [0.1, 0.15) is 12.5 Å². The fraction of sp³-hybridized carbons (Fsp3) is 0.278. The molecule has 1 amide bonds. The highest BCUT2D eigenvalue weighted by Crippen LogP contribution is 2.27. The zero-order valence-electron chi connectivity index (χ0n) is 13.5. The number of aryl methyl sites for hydroxylation is 1. The number of nitrogens with zero attached hydrogens (tertiary/aromatic N) is 4. The minimum atomic E-state index is -0.188. The first-order chi connectivity index (χ1) is 11.7. The number of fused-ring (bicyclic) bond motifs is 2. The van der Waals surface area contributed by atoms with E-state index in [9.17, 15) is 9.59 Å². The highest BCUT2D eigenvalue weighted by molar-refractivity contribution is 5.95. The summed E-state index contributed by atoms with van der Waals surface area (Å²) in [6.45, 7) is 3.12. The Bertz CT molecular complexity index is 986. The third-order valence-electron chi connectivity index (χ3n) is 4.57. The summed E-state index contributed by atoms with van der Waals surface area (Å²) in [5.74, 6) is -0.0685. The molecule has 0 spiro atoms.